The van der Waals surface area contributed by atoms with E-state index >= 15 is 0 Å². The molecule has 0 spiro atoms. The summed E-state index contributed by atoms with van der Waals surface area (Å²) in [5.74, 6) is 1.65. The van der Waals surface area contributed by atoms with Crippen molar-refractivity contribution in [3.8, 4) is 5.75 Å². The fourth-order valence-corrected chi connectivity index (χ4v) is 3.32. The van der Waals surface area contributed by atoms with Crippen LogP contribution in [0.5, 0.6) is 5.75 Å². The molecule has 0 aromatic heterocycles. The topological polar surface area (TPSA) is 55.6 Å². The summed E-state index contributed by atoms with van der Waals surface area (Å²) in [5, 5.41) is 0. The van der Waals surface area contributed by atoms with Gasteiger partial charge in [0.05, 0.1) is 0 Å². The highest BCUT2D eigenvalue weighted by Gasteiger charge is 2.34. The highest BCUT2D eigenvalue weighted by Crippen LogP contribution is 2.29. The molecular weight excluding hydrogens is 288 g/mol. The SMILES string of the molecule is Cc1ccc(C(C)C)c(OC(C)C(=O)N2CC(CN)CC2C)c1. The monoisotopic (exact) mass is 318 g/mol. The minimum absolute atomic E-state index is 0.0599. The predicted molar refractivity (Wildman–Crippen MR) is 93.7 cm³/mol. The first-order valence-corrected chi connectivity index (χ1v) is 8.61. The van der Waals surface area contributed by atoms with Gasteiger partial charge in [0.25, 0.3) is 5.91 Å². The molecule has 1 heterocycles. The third kappa shape index (κ3) is 4.05. The van der Waals surface area contributed by atoms with Crippen molar-refractivity contribution in [1.82, 2.24) is 4.90 Å². The second kappa shape index (κ2) is 7.35. The molecule has 1 aromatic carbocycles. The highest BCUT2D eigenvalue weighted by atomic mass is 16.5. The number of benzene rings is 1. The van der Waals surface area contributed by atoms with Crippen molar-refractivity contribution < 1.29 is 9.53 Å². The van der Waals surface area contributed by atoms with E-state index in [-0.39, 0.29) is 11.9 Å². The fourth-order valence-electron chi connectivity index (χ4n) is 3.32. The molecule has 0 saturated carbocycles. The summed E-state index contributed by atoms with van der Waals surface area (Å²) in [4.78, 5) is 14.7. The van der Waals surface area contributed by atoms with Crippen LogP contribution in [0.1, 0.15) is 51.2 Å². The molecule has 1 saturated heterocycles. The number of hydrogen-bond donors (Lipinski definition) is 1. The Hall–Kier alpha value is -1.55. The van der Waals surface area contributed by atoms with Gasteiger partial charge in [-0.25, -0.2) is 0 Å². The summed E-state index contributed by atoms with van der Waals surface area (Å²) in [5.41, 5.74) is 8.04. The van der Waals surface area contributed by atoms with Gasteiger partial charge in [-0.1, -0.05) is 26.0 Å². The van der Waals surface area contributed by atoms with Crippen LogP contribution in [0.3, 0.4) is 0 Å². The smallest absolute Gasteiger partial charge is 0.263 e. The number of nitrogens with zero attached hydrogens (tertiary/aromatic N) is 1. The van der Waals surface area contributed by atoms with E-state index in [2.05, 4.69) is 32.9 Å². The van der Waals surface area contributed by atoms with Crippen LogP contribution >= 0.6 is 0 Å². The number of hydrogen-bond acceptors (Lipinski definition) is 3. The lowest BCUT2D eigenvalue weighted by atomic mass is 10.0. The molecular formula is C19H30N2O2. The van der Waals surface area contributed by atoms with Crippen LogP contribution in [-0.2, 0) is 4.79 Å². The van der Waals surface area contributed by atoms with Gasteiger partial charge in [-0.2, -0.15) is 0 Å². The number of aryl methyl sites for hydroxylation is 1. The Bertz CT molecular complexity index is 556. The summed E-state index contributed by atoms with van der Waals surface area (Å²) >= 11 is 0. The Labute approximate surface area is 140 Å². The van der Waals surface area contributed by atoms with Crippen LogP contribution in [0.15, 0.2) is 18.2 Å². The van der Waals surface area contributed by atoms with Crippen LogP contribution < -0.4 is 10.5 Å². The van der Waals surface area contributed by atoms with Crippen molar-refractivity contribution in [3.63, 3.8) is 0 Å². The molecule has 0 radical (unpaired) electrons. The molecule has 23 heavy (non-hydrogen) atoms. The van der Waals surface area contributed by atoms with Gasteiger partial charge in [-0.3, -0.25) is 4.79 Å². The van der Waals surface area contributed by atoms with Crippen molar-refractivity contribution in [2.24, 2.45) is 11.7 Å². The summed E-state index contributed by atoms with van der Waals surface area (Å²) in [6.45, 7) is 11.6. The maximum Gasteiger partial charge on any atom is 0.263 e. The molecule has 0 aliphatic carbocycles. The minimum Gasteiger partial charge on any atom is -0.481 e. The molecule has 1 aliphatic rings. The Balaban J connectivity index is 2.11. The van der Waals surface area contributed by atoms with E-state index in [0.717, 1.165) is 29.8 Å². The van der Waals surface area contributed by atoms with Crippen molar-refractivity contribution in [2.45, 2.75) is 59.1 Å². The first-order valence-electron chi connectivity index (χ1n) is 8.61. The fraction of sp³-hybridized carbons (Fsp3) is 0.632. The molecule has 1 amide bonds. The predicted octanol–water partition coefficient (Wildman–Crippen LogP) is 3.08. The Morgan fingerprint density at radius 2 is 2.09 bits per heavy atom. The van der Waals surface area contributed by atoms with E-state index in [4.69, 9.17) is 10.5 Å². The van der Waals surface area contributed by atoms with Crippen LogP contribution in [0.25, 0.3) is 0 Å². The third-order valence-electron chi connectivity index (χ3n) is 4.72. The van der Waals surface area contributed by atoms with Gasteiger partial charge in [0.2, 0.25) is 0 Å². The number of carbonyl (C=O) groups excluding carboxylic acids is 1. The summed E-state index contributed by atoms with van der Waals surface area (Å²) in [7, 11) is 0. The van der Waals surface area contributed by atoms with Crippen LogP contribution in [0.2, 0.25) is 0 Å². The first kappa shape index (κ1) is 17.8. The van der Waals surface area contributed by atoms with Gasteiger partial charge in [0, 0.05) is 12.6 Å². The summed E-state index contributed by atoms with van der Waals surface area (Å²) in [6, 6.07) is 6.44. The lowest BCUT2D eigenvalue weighted by Gasteiger charge is -2.26. The Kier molecular flexibility index (Phi) is 5.69. The van der Waals surface area contributed by atoms with E-state index in [1.54, 1.807) is 0 Å². The van der Waals surface area contributed by atoms with Gasteiger partial charge in [0.1, 0.15) is 5.75 Å². The lowest BCUT2D eigenvalue weighted by molar-refractivity contribution is -0.138. The van der Waals surface area contributed by atoms with Crippen molar-refractivity contribution in [1.29, 1.82) is 0 Å². The molecule has 1 aliphatic heterocycles. The normalized spacial score (nSPS) is 22.5. The molecule has 3 atom stereocenters. The van der Waals surface area contributed by atoms with Gasteiger partial charge in [-0.15, -0.1) is 0 Å². The first-order chi connectivity index (χ1) is 10.8. The molecule has 128 valence electrons. The van der Waals surface area contributed by atoms with E-state index in [0.29, 0.717) is 18.4 Å². The lowest BCUT2D eigenvalue weighted by Crippen LogP contribution is -2.42. The zero-order valence-corrected chi connectivity index (χ0v) is 15.0. The largest absolute Gasteiger partial charge is 0.481 e. The average Bonchev–Trinajstić information content (AvgIpc) is 2.87. The molecule has 4 heteroatoms. The van der Waals surface area contributed by atoms with Gasteiger partial charge in [0.15, 0.2) is 6.10 Å². The second-order valence-corrected chi connectivity index (χ2v) is 7.13. The Morgan fingerprint density at radius 1 is 1.39 bits per heavy atom. The second-order valence-electron chi connectivity index (χ2n) is 7.13. The number of likely N-dealkylation sites (tertiary alicyclic amines) is 1. The standard InChI is InChI=1S/C19H30N2O2/c1-12(2)17-7-6-13(3)8-18(17)23-15(5)19(22)21-11-16(10-20)9-14(21)4/h6-8,12,14-16H,9-11,20H2,1-5H3. The van der Waals surface area contributed by atoms with Crippen molar-refractivity contribution >= 4 is 5.91 Å². The van der Waals surface area contributed by atoms with Crippen LogP contribution in [0, 0.1) is 12.8 Å². The summed E-state index contributed by atoms with van der Waals surface area (Å²) < 4.78 is 6.06. The number of nitrogens with two attached hydrogens (primary N) is 1. The molecule has 3 unspecified atom stereocenters. The van der Waals surface area contributed by atoms with Gasteiger partial charge < -0.3 is 15.4 Å². The molecule has 0 bridgehead atoms. The molecule has 2 N–H and O–H groups in total. The molecule has 1 fully saturated rings. The highest BCUT2D eigenvalue weighted by molar-refractivity contribution is 5.81. The van der Waals surface area contributed by atoms with Crippen LogP contribution in [0.4, 0.5) is 0 Å². The third-order valence-corrected chi connectivity index (χ3v) is 4.72. The number of rotatable bonds is 5. The van der Waals surface area contributed by atoms with E-state index in [1.165, 1.54) is 0 Å². The molecule has 2 rings (SSSR count). The number of amides is 1. The summed E-state index contributed by atoms with van der Waals surface area (Å²) in [6.07, 6.45) is 0.504. The zero-order chi connectivity index (χ0) is 17.1. The van der Waals surface area contributed by atoms with Crippen molar-refractivity contribution in [2.75, 3.05) is 13.1 Å². The Morgan fingerprint density at radius 3 is 2.65 bits per heavy atom. The number of carbonyl (C=O) groups is 1. The van der Waals surface area contributed by atoms with Crippen LogP contribution in [-0.4, -0.2) is 36.0 Å². The maximum absolute atomic E-state index is 12.7. The minimum atomic E-state index is -0.478. The van der Waals surface area contributed by atoms with Crippen molar-refractivity contribution in [3.05, 3.63) is 29.3 Å². The number of ether oxygens (including phenoxy) is 1. The van der Waals surface area contributed by atoms with E-state index in [1.807, 2.05) is 24.8 Å². The van der Waals surface area contributed by atoms with E-state index in [9.17, 15) is 4.79 Å². The molecule has 4 nitrogen and oxygen atoms in total. The van der Waals surface area contributed by atoms with E-state index < -0.39 is 6.10 Å². The van der Waals surface area contributed by atoms with Gasteiger partial charge >= 0.3 is 0 Å². The average molecular weight is 318 g/mol. The quantitative estimate of drug-likeness (QED) is 0.907. The van der Waals surface area contributed by atoms with Gasteiger partial charge in [-0.05, 0) is 62.8 Å². The molecule has 1 aromatic rings. The zero-order valence-electron chi connectivity index (χ0n) is 15.0. The maximum atomic E-state index is 12.7.